The quantitative estimate of drug-likeness (QED) is 0.586. The van der Waals surface area contributed by atoms with Crippen molar-refractivity contribution in [3.8, 4) is 0 Å². The van der Waals surface area contributed by atoms with Crippen LogP contribution >= 0.6 is 11.8 Å². The number of ether oxygens (including phenoxy) is 1. The molecule has 2 amide bonds. The van der Waals surface area contributed by atoms with Gasteiger partial charge in [-0.3, -0.25) is 19.3 Å². The third-order valence-corrected chi connectivity index (χ3v) is 4.93. The maximum Gasteiger partial charge on any atom is 0.326 e. The zero-order valence-electron chi connectivity index (χ0n) is 15.8. The van der Waals surface area contributed by atoms with Gasteiger partial charge in [0.05, 0.1) is 4.91 Å². The number of aryl methyl sites for hydroxylation is 1. The van der Waals surface area contributed by atoms with Gasteiger partial charge >= 0.3 is 5.97 Å². The minimum absolute atomic E-state index is 0.308. The fourth-order valence-corrected chi connectivity index (χ4v) is 3.76. The number of benzene rings is 1. The molecule has 0 spiro atoms. The van der Waals surface area contributed by atoms with E-state index in [9.17, 15) is 14.4 Å². The second-order valence-corrected chi connectivity index (χ2v) is 8.24. The topological polar surface area (TPSA) is 68.6 Å². The van der Waals surface area contributed by atoms with Crippen LogP contribution in [-0.2, 0) is 20.9 Å². The smallest absolute Gasteiger partial charge is 0.326 e. The normalized spacial score (nSPS) is 16.6. The molecule has 1 saturated heterocycles. The average molecular weight is 386 g/mol. The van der Waals surface area contributed by atoms with E-state index in [-0.39, 0.29) is 6.54 Å². The molecular weight excluding hydrogens is 364 g/mol. The molecule has 0 N–H and O–H groups in total. The van der Waals surface area contributed by atoms with E-state index in [0.29, 0.717) is 4.91 Å². The number of imide groups is 1. The summed E-state index contributed by atoms with van der Waals surface area (Å²) >= 11 is 0.844. The Morgan fingerprint density at radius 3 is 2.59 bits per heavy atom. The number of hydrogen-bond acceptors (Lipinski definition) is 5. The minimum Gasteiger partial charge on any atom is -0.459 e. The first-order chi connectivity index (χ1) is 12.7. The summed E-state index contributed by atoms with van der Waals surface area (Å²) in [6, 6.07) is 7.91. The van der Waals surface area contributed by atoms with Crippen molar-refractivity contribution in [3.05, 3.63) is 40.9 Å². The molecule has 0 radical (unpaired) electrons. The molecule has 142 valence electrons. The standard InChI is InChI=1S/C20H22N2O4S/c1-5-21-11-13(14-8-6-7-9-15(14)21)10-16-18(24)22(19(25)27-16)12-17(23)26-20(2,3)4/h6-11H,5,12H2,1-4H3/b16-10+. The number of esters is 1. The third-order valence-electron chi connectivity index (χ3n) is 4.03. The number of nitrogens with zero attached hydrogens (tertiary/aromatic N) is 2. The first kappa shape index (κ1) is 19.2. The van der Waals surface area contributed by atoms with Crippen LogP contribution in [0.4, 0.5) is 4.79 Å². The highest BCUT2D eigenvalue weighted by molar-refractivity contribution is 8.18. The number of para-hydroxylation sites is 1. The van der Waals surface area contributed by atoms with Crippen molar-refractivity contribution in [1.82, 2.24) is 9.47 Å². The molecule has 27 heavy (non-hydrogen) atoms. The summed E-state index contributed by atoms with van der Waals surface area (Å²) in [6.07, 6.45) is 3.68. The summed E-state index contributed by atoms with van der Waals surface area (Å²) in [7, 11) is 0. The molecular formula is C20H22N2O4S. The van der Waals surface area contributed by atoms with Crippen molar-refractivity contribution >= 4 is 45.9 Å². The van der Waals surface area contributed by atoms with E-state index < -0.39 is 22.7 Å². The molecule has 1 aliphatic rings. The maximum atomic E-state index is 12.6. The van der Waals surface area contributed by atoms with Crippen molar-refractivity contribution in [3.63, 3.8) is 0 Å². The summed E-state index contributed by atoms with van der Waals surface area (Å²) in [4.78, 5) is 38.1. The molecule has 0 aliphatic carbocycles. The molecule has 6 nitrogen and oxygen atoms in total. The highest BCUT2D eigenvalue weighted by atomic mass is 32.2. The first-order valence-electron chi connectivity index (χ1n) is 8.74. The largest absolute Gasteiger partial charge is 0.459 e. The number of rotatable bonds is 4. The Labute approximate surface area is 162 Å². The molecule has 3 rings (SSSR count). The molecule has 0 bridgehead atoms. The van der Waals surface area contributed by atoms with Gasteiger partial charge in [-0.15, -0.1) is 0 Å². The monoisotopic (exact) mass is 386 g/mol. The van der Waals surface area contributed by atoms with Crippen LogP contribution in [-0.4, -0.2) is 38.7 Å². The predicted molar refractivity (Wildman–Crippen MR) is 106 cm³/mol. The van der Waals surface area contributed by atoms with Gasteiger partial charge in [0.15, 0.2) is 0 Å². The molecule has 1 aliphatic heterocycles. The van der Waals surface area contributed by atoms with Gasteiger partial charge < -0.3 is 9.30 Å². The fourth-order valence-electron chi connectivity index (χ4n) is 2.93. The second-order valence-electron chi connectivity index (χ2n) is 7.24. The van der Waals surface area contributed by atoms with Crippen LogP contribution in [0, 0.1) is 0 Å². The summed E-state index contributed by atoms with van der Waals surface area (Å²) in [5.74, 6) is -1.07. The Morgan fingerprint density at radius 1 is 1.22 bits per heavy atom. The van der Waals surface area contributed by atoms with E-state index in [1.54, 1.807) is 26.8 Å². The van der Waals surface area contributed by atoms with Gasteiger partial charge in [0.25, 0.3) is 11.1 Å². The first-order valence-corrected chi connectivity index (χ1v) is 9.56. The fraction of sp³-hybridized carbons (Fsp3) is 0.350. The van der Waals surface area contributed by atoms with Gasteiger partial charge in [-0.25, -0.2) is 0 Å². The van der Waals surface area contributed by atoms with Crippen molar-refractivity contribution in [1.29, 1.82) is 0 Å². The summed E-state index contributed by atoms with van der Waals surface area (Å²) in [5, 5.41) is 0.551. The van der Waals surface area contributed by atoms with E-state index in [4.69, 9.17) is 4.74 Å². The molecule has 1 fully saturated rings. The van der Waals surface area contributed by atoms with Crippen molar-refractivity contribution in [2.75, 3.05) is 6.54 Å². The maximum absolute atomic E-state index is 12.6. The Kier molecular flexibility index (Phi) is 5.15. The molecule has 1 aromatic heterocycles. The van der Waals surface area contributed by atoms with Gasteiger partial charge in [-0.2, -0.15) is 0 Å². The van der Waals surface area contributed by atoms with E-state index in [0.717, 1.165) is 39.7 Å². The van der Waals surface area contributed by atoms with Crippen LogP contribution in [0.1, 0.15) is 33.3 Å². The molecule has 1 aromatic carbocycles. The van der Waals surface area contributed by atoms with Gasteiger partial charge in [0.2, 0.25) is 0 Å². The van der Waals surface area contributed by atoms with Crippen LogP contribution in [0.25, 0.3) is 17.0 Å². The number of aromatic nitrogens is 1. The number of fused-ring (bicyclic) bond motifs is 1. The number of amides is 2. The van der Waals surface area contributed by atoms with Gasteiger partial charge in [-0.1, -0.05) is 18.2 Å². The Bertz CT molecular complexity index is 953. The Balaban J connectivity index is 1.86. The summed E-state index contributed by atoms with van der Waals surface area (Å²) in [6.45, 7) is 7.68. The van der Waals surface area contributed by atoms with E-state index in [1.165, 1.54) is 0 Å². The van der Waals surface area contributed by atoms with Crippen LogP contribution in [0.15, 0.2) is 35.4 Å². The van der Waals surface area contributed by atoms with Crippen LogP contribution < -0.4 is 0 Å². The lowest BCUT2D eigenvalue weighted by Gasteiger charge is -2.21. The lowest BCUT2D eigenvalue weighted by molar-refractivity contribution is -0.156. The highest BCUT2D eigenvalue weighted by Gasteiger charge is 2.37. The molecule has 2 heterocycles. The van der Waals surface area contributed by atoms with E-state index in [1.807, 2.05) is 37.4 Å². The predicted octanol–water partition coefficient (Wildman–Crippen LogP) is 4.04. The zero-order valence-corrected chi connectivity index (χ0v) is 16.6. The van der Waals surface area contributed by atoms with Crippen LogP contribution in [0.5, 0.6) is 0 Å². The second kappa shape index (κ2) is 7.23. The van der Waals surface area contributed by atoms with E-state index >= 15 is 0 Å². The third kappa shape index (κ3) is 4.08. The van der Waals surface area contributed by atoms with Crippen molar-refractivity contribution in [2.24, 2.45) is 0 Å². The van der Waals surface area contributed by atoms with Crippen LogP contribution in [0.3, 0.4) is 0 Å². The Morgan fingerprint density at radius 2 is 1.93 bits per heavy atom. The zero-order chi connectivity index (χ0) is 19.8. The summed E-state index contributed by atoms with van der Waals surface area (Å²) < 4.78 is 7.30. The number of hydrogen-bond donors (Lipinski definition) is 0. The molecule has 0 saturated carbocycles. The number of carbonyl (C=O) groups excluding carboxylic acids is 3. The average Bonchev–Trinajstić information content (AvgIpc) is 3.06. The highest BCUT2D eigenvalue weighted by Crippen LogP contribution is 2.34. The van der Waals surface area contributed by atoms with Gasteiger partial charge in [0.1, 0.15) is 12.1 Å². The van der Waals surface area contributed by atoms with E-state index in [2.05, 4.69) is 4.57 Å². The van der Waals surface area contributed by atoms with Crippen molar-refractivity contribution in [2.45, 2.75) is 39.8 Å². The molecule has 0 atom stereocenters. The van der Waals surface area contributed by atoms with Crippen molar-refractivity contribution < 1.29 is 19.1 Å². The lowest BCUT2D eigenvalue weighted by atomic mass is 10.1. The molecule has 0 unspecified atom stereocenters. The van der Waals surface area contributed by atoms with Gasteiger partial charge in [0, 0.05) is 29.2 Å². The minimum atomic E-state index is -0.670. The molecule has 7 heteroatoms. The number of thioether (sulfide) groups is 1. The van der Waals surface area contributed by atoms with Crippen LogP contribution in [0.2, 0.25) is 0 Å². The Hall–Kier alpha value is -2.54. The molecule has 2 aromatic rings. The summed E-state index contributed by atoms with van der Waals surface area (Å²) in [5.41, 5.74) is 1.27. The SMILES string of the molecule is CCn1cc(/C=C2/SC(=O)N(CC(=O)OC(C)(C)C)C2=O)c2ccccc21. The lowest BCUT2D eigenvalue weighted by Crippen LogP contribution is -2.37. The number of carbonyl (C=O) groups is 3. The van der Waals surface area contributed by atoms with Gasteiger partial charge in [-0.05, 0) is 51.6 Å².